The van der Waals surface area contributed by atoms with E-state index < -0.39 is 6.04 Å². The lowest BCUT2D eigenvalue weighted by atomic mass is 10.1. The van der Waals surface area contributed by atoms with E-state index in [1.165, 1.54) is 5.56 Å². The summed E-state index contributed by atoms with van der Waals surface area (Å²) in [4.78, 5) is 43.7. The van der Waals surface area contributed by atoms with E-state index in [1.807, 2.05) is 28.0 Å². The Morgan fingerprint density at radius 2 is 1.68 bits per heavy atom. The van der Waals surface area contributed by atoms with Gasteiger partial charge in [0.05, 0.1) is 4.92 Å². The van der Waals surface area contributed by atoms with Crippen molar-refractivity contribution < 1.29 is 14.5 Å². The van der Waals surface area contributed by atoms with Gasteiger partial charge in [-0.1, -0.05) is 42.5 Å². The number of hydrogen-bond donors (Lipinski definition) is 1. The van der Waals surface area contributed by atoms with Crippen molar-refractivity contribution in [3.63, 3.8) is 0 Å². The average molecular weight is 506 g/mol. The number of piperazine rings is 1. The molecule has 1 aliphatic carbocycles. The fourth-order valence-corrected chi connectivity index (χ4v) is 5.48. The minimum atomic E-state index is -0.424. The predicted molar refractivity (Wildman–Crippen MR) is 140 cm³/mol. The summed E-state index contributed by atoms with van der Waals surface area (Å²) < 4.78 is 0. The molecule has 2 atom stereocenters. The summed E-state index contributed by atoms with van der Waals surface area (Å²) in [7, 11) is 0. The normalized spacial score (nSPS) is 21.9. The maximum Gasteiger partial charge on any atom is 0.269 e. The molecule has 0 radical (unpaired) electrons. The second kappa shape index (κ2) is 11.4. The van der Waals surface area contributed by atoms with Gasteiger partial charge in [-0.25, -0.2) is 0 Å². The molecule has 2 saturated heterocycles. The number of amides is 2. The number of carbonyl (C=O) groups is 2. The zero-order valence-electron chi connectivity index (χ0n) is 21.1. The molecule has 9 nitrogen and oxygen atoms in total. The third-order valence-electron chi connectivity index (χ3n) is 7.78. The van der Waals surface area contributed by atoms with Crippen molar-refractivity contribution in [2.75, 3.05) is 39.3 Å². The lowest BCUT2D eigenvalue weighted by Crippen LogP contribution is -2.53. The number of non-ortho nitro benzene ring substituents is 1. The summed E-state index contributed by atoms with van der Waals surface area (Å²) in [6.07, 6.45) is 3.28. The number of rotatable bonds is 9. The van der Waals surface area contributed by atoms with Gasteiger partial charge in [0.1, 0.15) is 6.04 Å². The van der Waals surface area contributed by atoms with Gasteiger partial charge in [-0.2, -0.15) is 0 Å². The summed E-state index contributed by atoms with van der Waals surface area (Å²) in [5, 5.41) is 14.4. The summed E-state index contributed by atoms with van der Waals surface area (Å²) in [5.74, 6) is 0.246. The zero-order chi connectivity index (χ0) is 25.8. The molecular formula is C28H35N5O4. The van der Waals surface area contributed by atoms with E-state index in [9.17, 15) is 19.7 Å². The van der Waals surface area contributed by atoms with Crippen molar-refractivity contribution in [3.8, 4) is 0 Å². The highest BCUT2D eigenvalue weighted by molar-refractivity contribution is 5.90. The second-order valence-electron chi connectivity index (χ2n) is 10.4. The SMILES string of the molecule is O=C(C1CC(N(CCc2ccccc2)Cc2ccc([N+](=O)[O-])cc2)CN1C(=O)C1CC1)N1CCNCC1. The summed E-state index contributed by atoms with van der Waals surface area (Å²) >= 11 is 0. The molecule has 0 aromatic heterocycles. The van der Waals surface area contributed by atoms with Crippen LogP contribution in [0.5, 0.6) is 0 Å². The van der Waals surface area contributed by atoms with Gasteiger partial charge in [0.2, 0.25) is 11.8 Å². The second-order valence-corrected chi connectivity index (χ2v) is 10.4. The molecule has 5 rings (SSSR count). The van der Waals surface area contributed by atoms with Crippen LogP contribution < -0.4 is 5.32 Å². The van der Waals surface area contributed by atoms with E-state index in [-0.39, 0.29) is 34.4 Å². The molecule has 3 fully saturated rings. The Kier molecular flexibility index (Phi) is 7.81. The molecule has 0 bridgehead atoms. The van der Waals surface area contributed by atoms with Gasteiger partial charge < -0.3 is 15.1 Å². The molecule has 0 spiro atoms. The molecule has 1 saturated carbocycles. The highest BCUT2D eigenvalue weighted by atomic mass is 16.6. The predicted octanol–water partition coefficient (Wildman–Crippen LogP) is 2.45. The van der Waals surface area contributed by atoms with Crippen LogP contribution in [0, 0.1) is 16.0 Å². The molecule has 196 valence electrons. The summed E-state index contributed by atoms with van der Waals surface area (Å²) in [5.41, 5.74) is 2.28. The number of nitrogens with zero attached hydrogens (tertiary/aromatic N) is 4. The Morgan fingerprint density at radius 3 is 2.32 bits per heavy atom. The smallest absolute Gasteiger partial charge is 0.269 e. The minimum Gasteiger partial charge on any atom is -0.338 e. The first kappa shape index (κ1) is 25.4. The van der Waals surface area contributed by atoms with Crippen LogP contribution >= 0.6 is 0 Å². The molecule has 2 aliphatic heterocycles. The van der Waals surface area contributed by atoms with Crippen molar-refractivity contribution in [2.45, 2.75) is 44.3 Å². The fourth-order valence-electron chi connectivity index (χ4n) is 5.48. The zero-order valence-corrected chi connectivity index (χ0v) is 21.1. The third-order valence-corrected chi connectivity index (χ3v) is 7.78. The first-order valence-electron chi connectivity index (χ1n) is 13.3. The van der Waals surface area contributed by atoms with Gasteiger partial charge in [-0.3, -0.25) is 24.6 Å². The first-order chi connectivity index (χ1) is 18.0. The van der Waals surface area contributed by atoms with Gasteiger partial charge in [0.15, 0.2) is 0 Å². The molecule has 2 heterocycles. The lowest BCUT2D eigenvalue weighted by Gasteiger charge is -2.32. The van der Waals surface area contributed by atoms with Crippen LogP contribution in [-0.4, -0.2) is 82.8 Å². The van der Waals surface area contributed by atoms with E-state index in [2.05, 4.69) is 22.3 Å². The Hall–Kier alpha value is -3.30. The van der Waals surface area contributed by atoms with E-state index in [1.54, 1.807) is 24.3 Å². The Morgan fingerprint density at radius 1 is 0.973 bits per heavy atom. The molecule has 9 heteroatoms. The quantitative estimate of drug-likeness (QED) is 0.415. The molecular weight excluding hydrogens is 470 g/mol. The molecule has 2 aromatic carbocycles. The van der Waals surface area contributed by atoms with E-state index in [0.717, 1.165) is 44.5 Å². The fraction of sp³-hybridized carbons (Fsp3) is 0.500. The van der Waals surface area contributed by atoms with E-state index in [0.29, 0.717) is 32.6 Å². The van der Waals surface area contributed by atoms with Crippen LogP contribution in [0.3, 0.4) is 0 Å². The number of benzene rings is 2. The van der Waals surface area contributed by atoms with Crippen molar-refractivity contribution in [1.82, 2.24) is 20.0 Å². The Balaban J connectivity index is 1.36. The number of nitro benzene ring substituents is 1. The van der Waals surface area contributed by atoms with Crippen LogP contribution in [-0.2, 0) is 22.6 Å². The van der Waals surface area contributed by atoms with Crippen molar-refractivity contribution in [1.29, 1.82) is 0 Å². The average Bonchev–Trinajstić information content (AvgIpc) is 3.70. The van der Waals surface area contributed by atoms with Crippen LogP contribution in [0.15, 0.2) is 54.6 Å². The van der Waals surface area contributed by atoms with Gasteiger partial charge in [0.25, 0.3) is 5.69 Å². The largest absolute Gasteiger partial charge is 0.338 e. The van der Waals surface area contributed by atoms with Crippen molar-refractivity contribution >= 4 is 17.5 Å². The highest BCUT2D eigenvalue weighted by Crippen LogP contribution is 2.35. The molecule has 2 amide bonds. The Bertz CT molecular complexity index is 1100. The number of hydrogen-bond acceptors (Lipinski definition) is 6. The molecule has 2 unspecified atom stereocenters. The first-order valence-corrected chi connectivity index (χ1v) is 13.3. The topological polar surface area (TPSA) is 99.0 Å². The highest BCUT2D eigenvalue weighted by Gasteiger charge is 2.46. The number of likely N-dealkylation sites (tertiary alicyclic amines) is 1. The van der Waals surface area contributed by atoms with Crippen LogP contribution in [0.1, 0.15) is 30.4 Å². The van der Waals surface area contributed by atoms with E-state index >= 15 is 0 Å². The van der Waals surface area contributed by atoms with Gasteiger partial charge in [0, 0.05) is 69.9 Å². The monoisotopic (exact) mass is 505 g/mol. The van der Waals surface area contributed by atoms with Gasteiger partial charge in [-0.15, -0.1) is 0 Å². The minimum absolute atomic E-state index is 0.0402. The van der Waals surface area contributed by atoms with E-state index in [4.69, 9.17) is 0 Å². The van der Waals surface area contributed by atoms with Crippen LogP contribution in [0.2, 0.25) is 0 Å². The summed E-state index contributed by atoms with van der Waals surface area (Å²) in [6, 6.07) is 16.6. The van der Waals surface area contributed by atoms with Crippen LogP contribution in [0.25, 0.3) is 0 Å². The summed E-state index contributed by atoms with van der Waals surface area (Å²) in [6.45, 7) is 4.82. The van der Waals surface area contributed by atoms with Crippen molar-refractivity contribution in [2.24, 2.45) is 5.92 Å². The van der Waals surface area contributed by atoms with Gasteiger partial charge >= 0.3 is 0 Å². The lowest BCUT2D eigenvalue weighted by molar-refractivity contribution is -0.384. The molecule has 3 aliphatic rings. The molecule has 2 aromatic rings. The number of carbonyl (C=O) groups excluding carboxylic acids is 2. The Labute approximate surface area is 217 Å². The molecule has 37 heavy (non-hydrogen) atoms. The third kappa shape index (κ3) is 6.17. The number of nitro groups is 1. The maximum atomic E-state index is 13.6. The molecule has 1 N–H and O–H groups in total. The maximum absolute atomic E-state index is 13.6. The number of nitrogens with one attached hydrogen (secondary N) is 1. The van der Waals surface area contributed by atoms with Crippen LogP contribution in [0.4, 0.5) is 5.69 Å². The van der Waals surface area contributed by atoms with Crippen molar-refractivity contribution in [3.05, 3.63) is 75.8 Å². The standard InChI is InChI=1S/C28H35N5O4/c34-27(23-8-9-23)32-20-25(18-26(32)28(35)30-16-13-29-14-17-30)31(15-12-21-4-2-1-3-5-21)19-22-6-10-24(11-7-22)33(36)37/h1-7,10-11,23,25-26,29H,8-9,12-20H2. The van der Waals surface area contributed by atoms with Gasteiger partial charge in [-0.05, 0) is 36.8 Å².